The molecule has 1 rings (SSSR count). The predicted octanol–water partition coefficient (Wildman–Crippen LogP) is 0.378. The van der Waals surface area contributed by atoms with E-state index in [4.69, 9.17) is 4.74 Å². The molecule has 1 atom stereocenters. The number of aromatic nitrogens is 2. The lowest BCUT2D eigenvalue weighted by Gasteiger charge is -2.20. The van der Waals surface area contributed by atoms with Crippen LogP contribution in [-0.4, -0.2) is 65.8 Å². The third-order valence-corrected chi connectivity index (χ3v) is 2.62. The summed E-state index contributed by atoms with van der Waals surface area (Å²) in [7, 11) is 3.10. The van der Waals surface area contributed by atoms with Crippen LogP contribution in [0.15, 0.2) is 12.4 Å². The second-order valence-corrected chi connectivity index (χ2v) is 4.51. The van der Waals surface area contributed by atoms with E-state index in [9.17, 15) is 9.90 Å². The zero-order valence-corrected chi connectivity index (χ0v) is 12.2. The van der Waals surface area contributed by atoms with Gasteiger partial charge in [0.05, 0.1) is 25.1 Å². The molecule has 0 aliphatic rings. The summed E-state index contributed by atoms with van der Waals surface area (Å²) < 4.78 is 4.82. The van der Waals surface area contributed by atoms with Crippen LogP contribution >= 0.6 is 0 Å². The second kappa shape index (κ2) is 8.44. The molecule has 0 radical (unpaired) electrons. The summed E-state index contributed by atoms with van der Waals surface area (Å²) >= 11 is 0. The number of likely N-dealkylation sites (N-methyl/N-ethyl adjacent to an activating group) is 1. The van der Waals surface area contributed by atoms with Crippen molar-refractivity contribution >= 4 is 11.7 Å². The molecule has 0 aliphatic heterocycles. The lowest BCUT2D eigenvalue weighted by molar-refractivity contribution is 0.0377. The number of amides is 1. The Bertz CT molecular complexity index is 411. The molecule has 7 nitrogen and oxygen atoms in total. The van der Waals surface area contributed by atoms with Crippen LogP contribution in [0, 0.1) is 0 Å². The standard InChI is InChI=1S/C13H22N4O3/c1-4-5-14-12-7-15-11(6-16-12)13(19)17(2)8-10(18)9-20-3/h6-7,10,18H,4-5,8-9H2,1-3H3,(H,14,16). The van der Waals surface area contributed by atoms with Gasteiger partial charge in [-0.05, 0) is 6.42 Å². The van der Waals surface area contributed by atoms with Crippen molar-refractivity contribution in [2.24, 2.45) is 0 Å². The van der Waals surface area contributed by atoms with E-state index >= 15 is 0 Å². The first-order chi connectivity index (χ1) is 9.58. The first-order valence-corrected chi connectivity index (χ1v) is 6.56. The summed E-state index contributed by atoms with van der Waals surface area (Å²) in [6.45, 7) is 3.23. The highest BCUT2D eigenvalue weighted by atomic mass is 16.5. The molecule has 1 amide bonds. The van der Waals surface area contributed by atoms with E-state index < -0.39 is 6.10 Å². The molecule has 0 aromatic carbocycles. The minimum Gasteiger partial charge on any atom is -0.389 e. The number of carbonyl (C=O) groups is 1. The average Bonchev–Trinajstić information content (AvgIpc) is 2.45. The Morgan fingerprint density at radius 3 is 2.80 bits per heavy atom. The third-order valence-electron chi connectivity index (χ3n) is 2.62. The van der Waals surface area contributed by atoms with Crippen molar-refractivity contribution in [2.45, 2.75) is 19.4 Å². The average molecular weight is 282 g/mol. The Labute approximate surface area is 119 Å². The van der Waals surface area contributed by atoms with Crippen LogP contribution in [0.3, 0.4) is 0 Å². The van der Waals surface area contributed by atoms with Crippen molar-refractivity contribution in [2.75, 3.05) is 39.2 Å². The largest absolute Gasteiger partial charge is 0.389 e. The molecule has 0 saturated heterocycles. The Morgan fingerprint density at radius 1 is 1.50 bits per heavy atom. The quantitative estimate of drug-likeness (QED) is 0.716. The maximum Gasteiger partial charge on any atom is 0.273 e. The number of rotatable bonds is 8. The lowest BCUT2D eigenvalue weighted by atomic mass is 10.3. The lowest BCUT2D eigenvalue weighted by Crippen LogP contribution is -2.36. The normalized spacial score (nSPS) is 12.0. The summed E-state index contributed by atoms with van der Waals surface area (Å²) in [5.74, 6) is 0.361. The number of aliphatic hydroxyl groups excluding tert-OH is 1. The molecule has 1 aromatic heterocycles. The molecule has 2 N–H and O–H groups in total. The van der Waals surface area contributed by atoms with Gasteiger partial charge in [0.1, 0.15) is 11.5 Å². The summed E-state index contributed by atoms with van der Waals surface area (Å²) in [6.07, 6.45) is 3.23. The van der Waals surface area contributed by atoms with E-state index in [0.29, 0.717) is 5.82 Å². The fourth-order valence-corrected chi connectivity index (χ4v) is 1.62. The minimum atomic E-state index is -0.715. The Morgan fingerprint density at radius 2 is 2.25 bits per heavy atom. The fourth-order valence-electron chi connectivity index (χ4n) is 1.62. The van der Waals surface area contributed by atoms with E-state index in [-0.39, 0.29) is 24.8 Å². The van der Waals surface area contributed by atoms with Crippen LogP contribution in [0.25, 0.3) is 0 Å². The van der Waals surface area contributed by atoms with Crippen LogP contribution < -0.4 is 5.32 Å². The molecule has 0 fully saturated rings. The van der Waals surface area contributed by atoms with Crippen molar-refractivity contribution in [1.82, 2.24) is 14.9 Å². The smallest absolute Gasteiger partial charge is 0.273 e. The van der Waals surface area contributed by atoms with E-state index in [0.717, 1.165) is 13.0 Å². The van der Waals surface area contributed by atoms with E-state index in [1.165, 1.54) is 24.4 Å². The zero-order chi connectivity index (χ0) is 15.0. The van der Waals surface area contributed by atoms with E-state index in [2.05, 4.69) is 22.2 Å². The van der Waals surface area contributed by atoms with Gasteiger partial charge in [-0.2, -0.15) is 0 Å². The summed E-state index contributed by atoms with van der Waals surface area (Å²) in [6, 6.07) is 0. The molecule has 7 heteroatoms. The fraction of sp³-hybridized carbons (Fsp3) is 0.615. The molecule has 1 unspecified atom stereocenters. The number of carbonyl (C=O) groups excluding carboxylic acids is 1. The first-order valence-electron chi connectivity index (χ1n) is 6.56. The summed E-state index contributed by atoms with van der Waals surface area (Å²) in [5.41, 5.74) is 0.249. The van der Waals surface area contributed by atoms with Gasteiger partial charge in [0.15, 0.2) is 0 Å². The number of ether oxygens (including phenoxy) is 1. The highest BCUT2D eigenvalue weighted by Gasteiger charge is 2.16. The van der Waals surface area contributed by atoms with Crippen LogP contribution in [0.5, 0.6) is 0 Å². The maximum atomic E-state index is 12.1. The molecule has 112 valence electrons. The Hall–Kier alpha value is -1.73. The van der Waals surface area contributed by atoms with Gasteiger partial charge in [0, 0.05) is 27.2 Å². The van der Waals surface area contributed by atoms with Crippen molar-refractivity contribution in [3.8, 4) is 0 Å². The molecule has 0 saturated carbocycles. The van der Waals surface area contributed by atoms with Gasteiger partial charge in [-0.3, -0.25) is 4.79 Å². The van der Waals surface area contributed by atoms with Gasteiger partial charge < -0.3 is 20.1 Å². The van der Waals surface area contributed by atoms with Gasteiger partial charge in [0.2, 0.25) is 0 Å². The predicted molar refractivity (Wildman–Crippen MR) is 75.7 cm³/mol. The monoisotopic (exact) mass is 282 g/mol. The third kappa shape index (κ3) is 5.10. The van der Waals surface area contributed by atoms with Gasteiger partial charge in [-0.1, -0.05) is 6.92 Å². The zero-order valence-electron chi connectivity index (χ0n) is 12.2. The number of hydrogen-bond acceptors (Lipinski definition) is 6. The number of anilines is 1. The Kier molecular flexibility index (Phi) is 6.89. The van der Waals surface area contributed by atoms with Crippen LogP contribution in [0.4, 0.5) is 5.82 Å². The van der Waals surface area contributed by atoms with Crippen molar-refractivity contribution < 1.29 is 14.6 Å². The van der Waals surface area contributed by atoms with E-state index in [1.807, 2.05) is 0 Å². The van der Waals surface area contributed by atoms with Gasteiger partial charge >= 0.3 is 0 Å². The Balaban J connectivity index is 2.58. The molecular weight excluding hydrogens is 260 g/mol. The number of hydrogen-bond donors (Lipinski definition) is 2. The number of methoxy groups -OCH3 is 1. The van der Waals surface area contributed by atoms with Crippen LogP contribution in [0.2, 0.25) is 0 Å². The van der Waals surface area contributed by atoms with Crippen LogP contribution in [-0.2, 0) is 4.74 Å². The number of nitrogens with zero attached hydrogens (tertiary/aromatic N) is 3. The van der Waals surface area contributed by atoms with Crippen molar-refractivity contribution in [3.63, 3.8) is 0 Å². The van der Waals surface area contributed by atoms with Gasteiger partial charge in [-0.15, -0.1) is 0 Å². The summed E-state index contributed by atoms with van der Waals surface area (Å²) in [4.78, 5) is 21.7. The van der Waals surface area contributed by atoms with E-state index in [1.54, 1.807) is 7.05 Å². The topological polar surface area (TPSA) is 87.6 Å². The molecule has 1 aromatic rings. The summed E-state index contributed by atoms with van der Waals surface area (Å²) in [5, 5.41) is 12.7. The van der Waals surface area contributed by atoms with Crippen molar-refractivity contribution in [1.29, 1.82) is 0 Å². The van der Waals surface area contributed by atoms with Crippen LogP contribution in [0.1, 0.15) is 23.8 Å². The van der Waals surface area contributed by atoms with Crippen molar-refractivity contribution in [3.05, 3.63) is 18.1 Å². The van der Waals surface area contributed by atoms with Gasteiger partial charge in [0.25, 0.3) is 5.91 Å². The maximum absolute atomic E-state index is 12.1. The highest BCUT2D eigenvalue weighted by molar-refractivity contribution is 5.91. The molecule has 0 spiro atoms. The number of nitrogens with one attached hydrogen (secondary N) is 1. The SMILES string of the molecule is CCCNc1cnc(C(=O)N(C)CC(O)COC)cn1. The molecule has 0 aliphatic carbocycles. The highest BCUT2D eigenvalue weighted by Crippen LogP contribution is 2.04. The number of aliphatic hydroxyl groups is 1. The molecular formula is C13H22N4O3. The molecule has 1 heterocycles. The second-order valence-electron chi connectivity index (χ2n) is 4.51. The van der Waals surface area contributed by atoms with Gasteiger partial charge in [-0.25, -0.2) is 9.97 Å². The molecule has 0 bridgehead atoms. The minimum absolute atomic E-state index is 0.184. The molecule has 20 heavy (non-hydrogen) atoms. The first kappa shape index (κ1) is 16.3.